The summed E-state index contributed by atoms with van der Waals surface area (Å²) in [6.45, 7) is 0.999. The van der Waals surface area contributed by atoms with Gasteiger partial charge in [-0.1, -0.05) is 0 Å². The fourth-order valence-electron chi connectivity index (χ4n) is 1.76. The number of nitrogens with one attached hydrogen (secondary N) is 1. The molecule has 4 heteroatoms. The van der Waals surface area contributed by atoms with Crippen LogP contribution >= 0.6 is 11.8 Å². The largest absolute Gasteiger partial charge is 0.370 e. The Kier molecular flexibility index (Phi) is 4.06. The van der Waals surface area contributed by atoms with Crippen LogP contribution in [0.25, 0.3) is 0 Å². The van der Waals surface area contributed by atoms with Gasteiger partial charge in [0.15, 0.2) is 0 Å². The summed E-state index contributed by atoms with van der Waals surface area (Å²) in [6, 6.07) is 5.74. The third-order valence-corrected chi connectivity index (χ3v) is 3.85. The molecule has 0 aliphatic carbocycles. The Labute approximate surface area is 100 Å². The van der Waals surface area contributed by atoms with Gasteiger partial charge in [0.25, 0.3) is 0 Å². The maximum atomic E-state index is 8.65. The van der Waals surface area contributed by atoms with Gasteiger partial charge in [-0.25, -0.2) is 4.98 Å². The molecule has 0 amide bonds. The minimum absolute atomic E-state index is 0.611. The first-order chi connectivity index (χ1) is 7.88. The van der Waals surface area contributed by atoms with E-state index in [1.807, 2.05) is 17.8 Å². The minimum atomic E-state index is 0.611. The fraction of sp³-hybridized carbons (Fsp3) is 0.500. The fourth-order valence-corrected chi connectivity index (χ4v) is 2.97. The second-order valence-electron chi connectivity index (χ2n) is 3.98. The van der Waals surface area contributed by atoms with Gasteiger partial charge in [0.2, 0.25) is 0 Å². The number of nitrogens with zero attached hydrogens (tertiary/aromatic N) is 2. The van der Waals surface area contributed by atoms with Gasteiger partial charge in [-0.3, -0.25) is 0 Å². The maximum absolute atomic E-state index is 8.65. The Morgan fingerprint density at radius 2 is 2.25 bits per heavy atom. The van der Waals surface area contributed by atoms with Crippen LogP contribution in [0.1, 0.15) is 18.4 Å². The lowest BCUT2D eigenvalue weighted by molar-refractivity contribution is 0.515. The molecule has 1 aromatic rings. The Bertz CT molecular complexity index is 363. The SMILES string of the molecule is N#Cc1ccc(NCC2CCSCC2)nc1. The molecule has 1 saturated heterocycles. The standard InChI is InChI=1S/C12H15N3S/c13-7-11-1-2-12(15-9-11)14-8-10-3-5-16-6-4-10/h1-2,9-10H,3-6,8H2,(H,14,15). The number of aromatic nitrogens is 1. The molecule has 0 bridgehead atoms. The Morgan fingerprint density at radius 3 is 2.88 bits per heavy atom. The normalized spacial score (nSPS) is 16.7. The lowest BCUT2D eigenvalue weighted by atomic mass is 10.0. The quantitative estimate of drug-likeness (QED) is 0.871. The predicted octanol–water partition coefficient (Wildman–Crippen LogP) is 2.51. The zero-order valence-electron chi connectivity index (χ0n) is 9.15. The van der Waals surface area contributed by atoms with Crippen LogP contribution in [0, 0.1) is 17.2 Å². The zero-order valence-corrected chi connectivity index (χ0v) is 9.96. The van der Waals surface area contributed by atoms with Crippen molar-refractivity contribution in [1.29, 1.82) is 5.26 Å². The molecular formula is C12H15N3S. The molecule has 1 N–H and O–H groups in total. The Morgan fingerprint density at radius 1 is 1.44 bits per heavy atom. The molecule has 0 unspecified atom stereocenters. The number of hydrogen-bond acceptors (Lipinski definition) is 4. The highest BCUT2D eigenvalue weighted by Gasteiger charge is 2.13. The summed E-state index contributed by atoms with van der Waals surface area (Å²) >= 11 is 2.05. The molecule has 84 valence electrons. The summed E-state index contributed by atoms with van der Waals surface area (Å²) in [7, 11) is 0. The number of thioether (sulfide) groups is 1. The third-order valence-electron chi connectivity index (χ3n) is 2.81. The molecule has 0 atom stereocenters. The lowest BCUT2D eigenvalue weighted by Gasteiger charge is -2.21. The van der Waals surface area contributed by atoms with E-state index in [1.54, 1.807) is 12.3 Å². The van der Waals surface area contributed by atoms with Gasteiger partial charge >= 0.3 is 0 Å². The van der Waals surface area contributed by atoms with Gasteiger partial charge in [-0.2, -0.15) is 17.0 Å². The van der Waals surface area contributed by atoms with Crippen LogP contribution in [0.4, 0.5) is 5.82 Å². The van der Waals surface area contributed by atoms with Crippen molar-refractivity contribution in [1.82, 2.24) is 4.98 Å². The number of rotatable bonds is 3. The first kappa shape index (κ1) is 11.3. The van der Waals surface area contributed by atoms with E-state index in [4.69, 9.17) is 5.26 Å². The van der Waals surface area contributed by atoms with E-state index in [-0.39, 0.29) is 0 Å². The Hall–Kier alpha value is -1.21. The molecule has 1 aliphatic heterocycles. The minimum Gasteiger partial charge on any atom is -0.370 e. The second-order valence-corrected chi connectivity index (χ2v) is 5.21. The molecule has 16 heavy (non-hydrogen) atoms. The first-order valence-electron chi connectivity index (χ1n) is 5.56. The molecule has 2 heterocycles. The van der Waals surface area contributed by atoms with Crippen LogP contribution in [0.15, 0.2) is 18.3 Å². The summed E-state index contributed by atoms with van der Waals surface area (Å²) in [4.78, 5) is 4.20. The molecule has 0 saturated carbocycles. The topological polar surface area (TPSA) is 48.7 Å². The van der Waals surface area contributed by atoms with Crippen molar-refractivity contribution < 1.29 is 0 Å². The molecule has 0 radical (unpaired) electrons. The van der Waals surface area contributed by atoms with Crippen LogP contribution in [-0.2, 0) is 0 Å². The summed E-state index contributed by atoms with van der Waals surface area (Å²) in [5, 5.41) is 12.0. The number of nitriles is 1. The second kappa shape index (κ2) is 5.76. The molecule has 0 spiro atoms. The summed E-state index contributed by atoms with van der Waals surface area (Å²) in [5.41, 5.74) is 0.611. The molecule has 0 aromatic carbocycles. The maximum Gasteiger partial charge on any atom is 0.125 e. The third kappa shape index (κ3) is 3.14. The summed E-state index contributed by atoms with van der Waals surface area (Å²) in [6.07, 6.45) is 4.21. The molecule has 3 nitrogen and oxygen atoms in total. The Balaban J connectivity index is 1.82. The number of anilines is 1. The van der Waals surface area contributed by atoms with E-state index in [2.05, 4.69) is 16.4 Å². The molecule has 1 fully saturated rings. The smallest absolute Gasteiger partial charge is 0.125 e. The highest BCUT2D eigenvalue weighted by molar-refractivity contribution is 7.99. The van der Waals surface area contributed by atoms with Crippen LogP contribution in [0.5, 0.6) is 0 Å². The van der Waals surface area contributed by atoms with E-state index in [1.165, 1.54) is 24.3 Å². The van der Waals surface area contributed by atoms with Crippen LogP contribution in [0.2, 0.25) is 0 Å². The van der Waals surface area contributed by atoms with Gasteiger partial charge in [0.1, 0.15) is 11.9 Å². The highest BCUT2D eigenvalue weighted by atomic mass is 32.2. The van der Waals surface area contributed by atoms with Crippen molar-refractivity contribution in [3.8, 4) is 6.07 Å². The van der Waals surface area contributed by atoms with Gasteiger partial charge in [-0.15, -0.1) is 0 Å². The number of pyridine rings is 1. The van der Waals surface area contributed by atoms with Crippen molar-refractivity contribution in [3.63, 3.8) is 0 Å². The van der Waals surface area contributed by atoms with Crippen LogP contribution in [-0.4, -0.2) is 23.0 Å². The van der Waals surface area contributed by atoms with Gasteiger partial charge in [-0.05, 0) is 42.4 Å². The van der Waals surface area contributed by atoms with Crippen LogP contribution in [0.3, 0.4) is 0 Å². The highest BCUT2D eigenvalue weighted by Crippen LogP contribution is 2.22. The lowest BCUT2D eigenvalue weighted by Crippen LogP contribution is -2.19. The molecule has 2 rings (SSSR count). The average Bonchev–Trinajstić information content (AvgIpc) is 2.38. The average molecular weight is 233 g/mol. The van der Waals surface area contributed by atoms with Crippen LogP contribution < -0.4 is 5.32 Å². The van der Waals surface area contributed by atoms with Crippen molar-refractivity contribution in [2.75, 3.05) is 23.4 Å². The van der Waals surface area contributed by atoms with Crippen molar-refractivity contribution in [3.05, 3.63) is 23.9 Å². The first-order valence-corrected chi connectivity index (χ1v) is 6.72. The monoisotopic (exact) mass is 233 g/mol. The van der Waals surface area contributed by atoms with E-state index < -0.39 is 0 Å². The van der Waals surface area contributed by atoms with E-state index in [0.29, 0.717) is 5.56 Å². The van der Waals surface area contributed by atoms with Crippen molar-refractivity contribution in [2.45, 2.75) is 12.8 Å². The summed E-state index contributed by atoms with van der Waals surface area (Å²) in [5.74, 6) is 4.22. The molecule has 1 aromatic heterocycles. The van der Waals surface area contributed by atoms with E-state index in [0.717, 1.165) is 18.3 Å². The van der Waals surface area contributed by atoms with Crippen molar-refractivity contribution in [2.24, 2.45) is 5.92 Å². The van der Waals surface area contributed by atoms with E-state index >= 15 is 0 Å². The van der Waals surface area contributed by atoms with E-state index in [9.17, 15) is 0 Å². The van der Waals surface area contributed by atoms with Crippen molar-refractivity contribution >= 4 is 17.6 Å². The predicted molar refractivity (Wildman–Crippen MR) is 67.5 cm³/mol. The van der Waals surface area contributed by atoms with Gasteiger partial charge in [0.05, 0.1) is 5.56 Å². The zero-order chi connectivity index (χ0) is 11.2. The van der Waals surface area contributed by atoms with Gasteiger partial charge in [0, 0.05) is 12.7 Å². The summed E-state index contributed by atoms with van der Waals surface area (Å²) < 4.78 is 0. The molecule has 1 aliphatic rings. The number of hydrogen-bond donors (Lipinski definition) is 1. The molecular weight excluding hydrogens is 218 g/mol. The van der Waals surface area contributed by atoms with Gasteiger partial charge < -0.3 is 5.32 Å².